The Balaban J connectivity index is 1.68. The number of nitrogens with zero attached hydrogens (tertiary/aromatic N) is 1. The maximum Gasteiger partial charge on any atom is 0.0541 e. The Morgan fingerprint density at radius 2 is 2.31 bits per heavy atom. The zero-order chi connectivity index (χ0) is 11.2. The van der Waals surface area contributed by atoms with E-state index >= 15 is 0 Å². The van der Waals surface area contributed by atoms with Gasteiger partial charge in [0.25, 0.3) is 0 Å². The summed E-state index contributed by atoms with van der Waals surface area (Å²) in [6.07, 6.45) is 6.83. The van der Waals surface area contributed by atoms with E-state index in [-0.39, 0.29) is 0 Å². The summed E-state index contributed by atoms with van der Waals surface area (Å²) >= 11 is 0. The van der Waals surface area contributed by atoms with Crippen LogP contribution in [-0.2, 0) is 6.54 Å². The Morgan fingerprint density at radius 1 is 1.38 bits per heavy atom. The smallest absolute Gasteiger partial charge is 0.0541 e. The van der Waals surface area contributed by atoms with Crippen molar-refractivity contribution in [3.8, 4) is 0 Å². The standard InChI is InChI=1S/C13H21N3/c14-12-5-3-4-11(8-12)9-15-10-13-6-1-2-7-16-13/h1-2,6-7,11-12,15H,3-5,8-10,14H2. The average molecular weight is 219 g/mol. The maximum absolute atomic E-state index is 5.97. The predicted molar refractivity (Wildman–Crippen MR) is 65.9 cm³/mol. The highest BCUT2D eigenvalue weighted by atomic mass is 14.9. The fourth-order valence-corrected chi connectivity index (χ4v) is 2.43. The highest BCUT2D eigenvalue weighted by Crippen LogP contribution is 2.22. The molecule has 1 aromatic rings. The van der Waals surface area contributed by atoms with Gasteiger partial charge in [-0.05, 0) is 43.9 Å². The van der Waals surface area contributed by atoms with Crippen LogP contribution in [0.5, 0.6) is 0 Å². The van der Waals surface area contributed by atoms with Crippen molar-refractivity contribution in [3.05, 3.63) is 30.1 Å². The molecule has 0 bridgehead atoms. The lowest BCUT2D eigenvalue weighted by Crippen LogP contribution is -2.33. The molecular weight excluding hydrogens is 198 g/mol. The van der Waals surface area contributed by atoms with E-state index in [2.05, 4.69) is 16.4 Å². The molecule has 88 valence electrons. The number of nitrogens with one attached hydrogen (secondary N) is 1. The van der Waals surface area contributed by atoms with Gasteiger partial charge in [-0.1, -0.05) is 12.5 Å². The fraction of sp³-hybridized carbons (Fsp3) is 0.615. The molecule has 1 heterocycles. The van der Waals surface area contributed by atoms with E-state index in [1.807, 2.05) is 18.3 Å². The molecule has 1 saturated carbocycles. The van der Waals surface area contributed by atoms with Gasteiger partial charge in [0.2, 0.25) is 0 Å². The van der Waals surface area contributed by atoms with Gasteiger partial charge < -0.3 is 11.1 Å². The Morgan fingerprint density at radius 3 is 3.06 bits per heavy atom. The van der Waals surface area contributed by atoms with Crippen molar-refractivity contribution in [2.75, 3.05) is 6.54 Å². The van der Waals surface area contributed by atoms with Crippen LogP contribution in [0.2, 0.25) is 0 Å². The molecule has 2 unspecified atom stereocenters. The fourth-order valence-electron chi connectivity index (χ4n) is 2.43. The minimum absolute atomic E-state index is 0.426. The Hall–Kier alpha value is -0.930. The van der Waals surface area contributed by atoms with Crippen LogP contribution < -0.4 is 11.1 Å². The highest BCUT2D eigenvalue weighted by molar-refractivity contribution is 5.02. The first-order valence-corrected chi connectivity index (χ1v) is 6.21. The van der Waals surface area contributed by atoms with Crippen LogP contribution in [0.15, 0.2) is 24.4 Å². The molecule has 0 spiro atoms. The molecule has 1 aliphatic rings. The lowest BCUT2D eigenvalue weighted by Gasteiger charge is -2.26. The van der Waals surface area contributed by atoms with Gasteiger partial charge in [-0.25, -0.2) is 0 Å². The minimum atomic E-state index is 0.426. The summed E-state index contributed by atoms with van der Waals surface area (Å²) in [7, 11) is 0. The lowest BCUT2D eigenvalue weighted by molar-refractivity contribution is 0.310. The van der Waals surface area contributed by atoms with Crippen LogP contribution in [0.25, 0.3) is 0 Å². The second kappa shape index (κ2) is 5.97. The molecule has 0 aliphatic heterocycles. The van der Waals surface area contributed by atoms with Gasteiger partial charge in [-0.3, -0.25) is 4.98 Å². The van der Waals surface area contributed by atoms with Gasteiger partial charge in [0.1, 0.15) is 0 Å². The molecule has 2 rings (SSSR count). The van der Waals surface area contributed by atoms with Gasteiger partial charge in [-0.2, -0.15) is 0 Å². The van der Waals surface area contributed by atoms with E-state index in [0.29, 0.717) is 6.04 Å². The van der Waals surface area contributed by atoms with Gasteiger partial charge >= 0.3 is 0 Å². The van der Waals surface area contributed by atoms with E-state index in [1.165, 1.54) is 25.7 Å². The monoisotopic (exact) mass is 219 g/mol. The summed E-state index contributed by atoms with van der Waals surface area (Å²) in [5, 5.41) is 3.47. The van der Waals surface area contributed by atoms with Gasteiger partial charge in [0.05, 0.1) is 5.69 Å². The molecule has 16 heavy (non-hydrogen) atoms. The van der Waals surface area contributed by atoms with E-state index < -0.39 is 0 Å². The maximum atomic E-state index is 5.97. The average Bonchev–Trinajstić information content (AvgIpc) is 2.30. The molecular formula is C13H21N3. The van der Waals surface area contributed by atoms with Gasteiger partial charge in [0, 0.05) is 18.8 Å². The molecule has 2 atom stereocenters. The first kappa shape index (κ1) is 11.6. The SMILES string of the molecule is NC1CCCC(CNCc2ccccn2)C1. The second-order valence-electron chi connectivity index (χ2n) is 4.74. The Kier molecular flexibility index (Phi) is 4.31. The van der Waals surface area contributed by atoms with E-state index in [9.17, 15) is 0 Å². The summed E-state index contributed by atoms with van der Waals surface area (Å²) in [5.74, 6) is 0.757. The lowest BCUT2D eigenvalue weighted by atomic mass is 9.86. The summed E-state index contributed by atoms with van der Waals surface area (Å²) in [6.45, 7) is 1.94. The normalized spacial score (nSPS) is 25.6. The first-order chi connectivity index (χ1) is 7.84. The summed E-state index contributed by atoms with van der Waals surface area (Å²) < 4.78 is 0. The van der Waals surface area contributed by atoms with Crippen molar-refractivity contribution in [1.29, 1.82) is 0 Å². The zero-order valence-electron chi connectivity index (χ0n) is 9.73. The molecule has 1 aliphatic carbocycles. The third kappa shape index (κ3) is 3.58. The van der Waals surface area contributed by atoms with Crippen molar-refractivity contribution in [2.45, 2.75) is 38.3 Å². The van der Waals surface area contributed by atoms with Crippen molar-refractivity contribution >= 4 is 0 Å². The number of hydrogen-bond acceptors (Lipinski definition) is 3. The van der Waals surface area contributed by atoms with Crippen LogP contribution >= 0.6 is 0 Å². The van der Waals surface area contributed by atoms with Crippen LogP contribution in [0.1, 0.15) is 31.4 Å². The van der Waals surface area contributed by atoms with E-state index in [1.54, 1.807) is 0 Å². The highest BCUT2D eigenvalue weighted by Gasteiger charge is 2.18. The minimum Gasteiger partial charge on any atom is -0.328 e. The molecule has 0 aromatic carbocycles. The largest absolute Gasteiger partial charge is 0.328 e. The summed E-state index contributed by atoms with van der Waals surface area (Å²) in [4.78, 5) is 4.29. The van der Waals surface area contributed by atoms with Crippen molar-refractivity contribution in [2.24, 2.45) is 11.7 Å². The third-order valence-electron chi connectivity index (χ3n) is 3.29. The van der Waals surface area contributed by atoms with Crippen LogP contribution in [0.3, 0.4) is 0 Å². The molecule has 3 N–H and O–H groups in total. The van der Waals surface area contributed by atoms with Crippen molar-refractivity contribution in [1.82, 2.24) is 10.3 Å². The Bertz CT molecular complexity index is 299. The molecule has 1 fully saturated rings. The zero-order valence-corrected chi connectivity index (χ0v) is 9.73. The van der Waals surface area contributed by atoms with Gasteiger partial charge in [-0.15, -0.1) is 0 Å². The second-order valence-corrected chi connectivity index (χ2v) is 4.74. The Labute approximate surface area is 97.5 Å². The van der Waals surface area contributed by atoms with Crippen LogP contribution in [0.4, 0.5) is 0 Å². The molecule has 1 aromatic heterocycles. The number of hydrogen-bond donors (Lipinski definition) is 2. The number of nitrogens with two attached hydrogens (primary N) is 1. The first-order valence-electron chi connectivity index (χ1n) is 6.21. The topological polar surface area (TPSA) is 50.9 Å². The van der Waals surface area contributed by atoms with Crippen molar-refractivity contribution in [3.63, 3.8) is 0 Å². The molecule has 3 nitrogen and oxygen atoms in total. The molecule has 3 heteroatoms. The van der Waals surface area contributed by atoms with Crippen LogP contribution in [0, 0.1) is 5.92 Å². The number of rotatable bonds is 4. The van der Waals surface area contributed by atoms with Crippen LogP contribution in [-0.4, -0.2) is 17.6 Å². The van der Waals surface area contributed by atoms with Gasteiger partial charge in [0.15, 0.2) is 0 Å². The molecule has 0 saturated heterocycles. The molecule has 0 radical (unpaired) electrons. The predicted octanol–water partition coefficient (Wildman–Crippen LogP) is 1.69. The van der Waals surface area contributed by atoms with E-state index in [0.717, 1.165) is 24.7 Å². The number of pyridine rings is 1. The molecule has 0 amide bonds. The number of aromatic nitrogens is 1. The summed E-state index contributed by atoms with van der Waals surface area (Å²) in [5.41, 5.74) is 7.08. The quantitative estimate of drug-likeness (QED) is 0.810. The summed E-state index contributed by atoms with van der Waals surface area (Å²) in [6, 6.07) is 6.46. The third-order valence-corrected chi connectivity index (χ3v) is 3.29. The van der Waals surface area contributed by atoms with Crippen molar-refractivity contribution < 1.29 is 0 Å². The van der Waals surface area contributed by atoms with E-state index in [4.69, 9.17) is 5.73 Å².